The van der Waals surface area contributed by atoms with Gasteiger partial charge in [-0.3, -0.25) is 4.79 Å². The van der Waals surface area contributed by atoms with Crippen molar-refractivity contribution in [2.75, 3.05) is 6.54 Å². The predicted molar refractivity (Wildman–Crippen MR) is 62.2 cm³/mol. The summed E-state index contributed by atoms with van der Waals surface area (Å²) in [6.45, 7) is 2.23. The molecule has 2 rings (SSSR count). The number of carbonyl (C=O) groups is 1. The fourth-order valence-electron chi connectivity index (χ4n) is 1.52. The number of hydrogen-bond acceptors (Lipinski definition) is 2. The van der Waals surface area contributed by atoms with E-state index < -0.39 is 17.7 Å². The van der Waals surface area contributed by atoms with E-state index in [1.807, 2.05) is 0 Å². The first kappa shape index (κ1) is 12.8. The van der Waals surface area contributed by atoms with Gasteiger partial charge in [-0.1, -0.05) is 0 Å². The summed E-state index contributed by atoms with van der Waals surface area (Å²) in [5.74, 6) is -1.44. The van der Waals surface area contributed by atoms with E-state index in [4.69, 9.17) is 4.74 Å². The second-order valence-corrected chi connectivity index (χ2v) is 4.52. The second kappa shape index (κ2) is 5.33. The molecule has 1 atom stereocenters. The summed E-state index contributed by atoms with van der Waals surface area (Å²) in [5, 5.41) is 2.76. The lowest BCUT2D eigenvalue weighted by atomic mass is 10.3. The molecule has 1 saturated carbocycles. The zero-order chi connectivity index (χ0) is 13.1. The Hall–Kier alpha value is -1.65. The van der Waals surface area contributed by atoms with Gasteiger partial charge in [0.2, 0.25) is 0 Å². The number of benzene rings is 1. The van der Waals surface area contributed by atoms with Gasteiger partial charge in [-0.2, -0.15) is 0 Å². The van der Waals surface area contributed by atoms with Crippen molar-refractivity contribution in [3.63, 3.8) is 0 Å². The van der Waals surface area contributed by atoms with Crippen molar-refractivity contribution in [1.82, 2.24) is 5.32 Å². The van der Waals surface area contributed by atoms with Crippen molar-refractivity contribution in [3.05, 3.63) is 29.8 Å². The first-order chi connectivity index (χ1) is 8.56. The highest BCUT2D eigenvalue weighted by Gasteiger charge is 2.23. The molecule has 1 aliphatic carbocycles. The molecule has 5 heteroatoms. The normalized spacial score (nSPS) is 16.2. The zero-order valence-corrected chi connectivity index (χ0v) is 10.1. The summed E-state index contributed by atoms with van der Waals surface area (Å²) < 4.78 is 30.9. The number of rotatable bonds is 5. The third-order valence-electron chi connectivity index (χ3n) is 2.84. The molecule has 98 valence electrons. The van der Waals surface area contributed by atoms with E-state index in [1.54, 1.807) is 6.92 Å². The van der Waals surface area contributed by atoms with Gasteiger partial charge < -0.3 is 10.1 Å². The highest BCUT2D eigenvalue weighted by molar-refractivity contribution is 5.80. The number of ether oxygens (including phenoxy) is 1. The van der Waals surface area contributed by atoms with E-state index in [2.05, 4.69) is 5.32 Å². The van der Waals surface area contributed by atoms with Crippen LogP contribution in [0.15, 0.2) is 18.2 Å². The molecule has 0 heterocycles. The van der Waals surface area contributed by atoms with Crippen molar-refractivity contribution >= 4 is 5.91 Å². The molecule has 1 unspecified atom stereocenters. The van der Waals surface area contributed by atoms with Gasteiger partial charge in [0.25, 0.3) is 5.91 Å². The van der Waals surface area contributed by atoms with Crippen LogP contribution in [0.3, 0.4) is 0 Å². The van der Waals surface area contributed by atoms with Crippen LogP contribution in [0.1, 0.15) is 19.8 Å². The Morgan fingerprint density at radius 3 is 2.78 bits per heavy atom. The van der Waals surface area contributed by atoms with Gasteiger partial charge in [0.1, 0.15) is 5.75 Å². The molecule has 18 heavy (non-hydrogen) atoms. The second-order valence-electron chi connectivity index (χ2n) is 4.52. The van der Waals surface area contributed by atoms with E-state index >= 15 is 0 Å². The lowest BCUT2D eigenvalue weighted by molar-refractivity contribution is -0.127. The van der Waals surface area contributed by atoms with Crippen LogP contribution in [0.25, 0.3) is 0 Å². The van der Waals surface area contributed by atoms with Gasteiger partial charge in [-0.25, -0.2) is 8.78 Å². The molecular formula is C13H15F2NO2. The molecule has 3 nitrogen and oxygen atoms in total. The van der Waals surface area contributed by atoms with Crippen LogP contribution in [0.2, 0.25) is 0 Å². The molecule has 0 aromatic heterocycles. The zero-order valence-electron chi connectivity index (χ0n) is 10.1. The minimum absolute atomic E-state index is 0.142. The Kier molecular flexibility index (Phi) is 3.79. The van der Waals surface area contributed by atoms with E-state index in [1.165, 1.54) is 6.07 Å². The first-order valence-corrected chi connectivity index (χ1v) is 5.95. The Bertz CT molecular complexity index is 447. The van der Waals surface area contributed by atoms with Crippen LogP contribution in [-0.4, -0.2) is 18.6 Å². The Labute approximate surface area is 104 Å². The number of carbonyl (C=O) groups excluding carboxylic acids is 1. The van der Waals surface area contributed by atoms with Gasteiger partial charge >= 0.3 is 0 Å². The molecule has 1 N–H and O–H groups in total. The maximum atomic E-state index is 12.9. The molecule has 1 aromatic carbocycles. The molecular weight excluding hydrogens is 240 g/mol. The quantitative estimate of drug-likeness (QED) is 0.876. The fourth-order valence-corrected chi connectivity index (χ4v) is 1.52. The van der Waals surface area contributed by atoms with Crippen molar-refractivity contribution in [1.29, 1.82) is 0 Å². The molecule has 1 fully saturated rings. The average molecular weight is 255 g/mol. The van der Waals surface area contributed by atoms with Crippen LogP contribution in [0, 0.1) is 17.6 Å². The predicted octanol–water partition coefficient (Wildman–Crippen LogP) is 2.26. The van der Waals surface area contributed by atoms with Gasteiger partial charge in [-0.15, -0.1) is 0 Å². The standard InChI is InChI=1S/C13H15F2NO2/c1-8(13(17)16-7-9-2-3-9)18-10-4-5-11(14)12(15)6-10/h4-6,8-9H,2-3,7H2,1H3,(H,16,17). The lowest BCUT2D eigenvalue weighted by Crippen LogP contribution is -2.37. The van der Waals surface area contributed by atoms with Crippen molar-refractivity contribution in [3.8, 4) is 5.75 Å². The largest absolute Gasteiger partial charge is 0.481 e. The molecule has 0 radical (unpaired) electrons. The highest BCUT2D eigenvalue weighted by Crippen LogP contribution is 2.27. The minimum atomic E-state index is -0.988. The first-order valence-electron chi connectivity index (χ1n) is 5.95. The molecule has 0 saturated heterocycles. The highest BCUT2D eigenvalue weighted by atomic mass is 19.2. The molecule has 0 spiro atoms. The molecule has 1 amide bonds. The number of halogens is 2. The lowest BCUT2D eigenvalue weighted by Gasteiger charge is -2.14. The summed E-state index contributed by atoms with van der Waals surface area (Å²) in [6, 6.07) is 3.20. The summed E-state index contributed by atoms with van der Waals surface area (Å²) in [6.07, 6.45) is 1.57. The third kappa shape index (κ3) is 3.42. The van der Waals surface area contributed by atoms with Crippen molar-refractivity contribution in [2.24, 2.45) is 5.92 Å². The molecule has 1 aliphatic rings. The number of amides is 1. The summed E-state index contributed by atoms with van der Waals surface area (Å²) in [5.41, 5.74) is 0. The monoisotopic (exact) mass is 255 g/mol. The summed E-state index contributed by atoms with van der Waals surface area (Å²) in [7, 11) is 0. The molecule has 0 aliphatic heterocycles. The van der Waals surface area contributed by atoms with Gasteiger partial charge in [-0.05, 0) is 37.8 Å². The van der Waals surface area contributed by atoms with Crippen LogP contribution in [0.5, 0.6) is 5.75 Å². The van der Waals surface area contributed by atoms with Crippen LogP contribution in [-0.2, 0) is 4.79 Å². The summed E-state index contributed by atoms with van der Waals surface area (Å²) in [4.78, 5) is 11.6. The topological polar surface area (TPSA) is 38.3 Å². The smallest absolute Gasteiger partial charge is 0.260 e. The summed E-state index contributed by atoms with van der Waals surface area (Å²) >= 11 is 0. The van der Waals surface area contributed by atoms with Crippen LogP contribution < -0.4 is 10.1 Å². The molecule has 1 aromatic rings. The van der Waals surface area contributed by atoms with E-state index in [-0.39, 0.29) is 11.7 Å². The van der Waals surface area contributed by atoms with Crippen molar-refractivity contribution < 1.29 is 18.3 Å². The Balaban J connectivity index is 1.86. The minimum Gasteiger partial charge on any atom is -0.481 e. The third-order valence-corrected chi connectivity index (χ3v) is 2.84. The molecule has 0 bridgehead atoms. The Morgan fingerprint density at radius 1 is 1.44 bits per heavy atom. The van der Waals surface area contributed by atoms with E-state index in [9.17, 15) is 13.6 Å². The number of hydrogen-bond donors (Lipinski definition) is 1. The van der Waals surface area contributed by atoms with Crippen molar-refractivity contribution in [2.45, 2.75) is 25.9 Å². The maximum absolute atomic E-state index is 12.9. The SMILES string of the molecule is CC(Oc1ccc(F)c(F)c1)C(=O)NCC1CC1. The number of nitrogens with one attached hydrogen (secondary N) is 1. The van der Waals surface area contributed by atoms with E-state index in [0.717, 1.165) is 25.0 Å². The van der Waals surface area contributed by atoms with Gasteiger partial charge in [0.05, 0.1) is 0 Å². The van der Waals surface area contributed by atoms with Gasteiger partial charge in [0, 0.05) is 12.6 Å². The Morgan fingerprint density at radius 2 is 2.17 bits per heavy atom. The van der Waals surface area contributed by atoms with E-state index in [0.29, 0.717) is 12.5 Å². The van der Waals surface area contributed by atoms with Gasteiger partial charge in [0.15, 0.2) is 17.7 Å². The average Bonchev–Trinajstić information content (AvgIpc) is 3.14. The fraction of sp³-hybridized carbons (Fsp3) is 0.462. The van der Waals surface area contributed by atoms with Crippen LogP contribution >= 0.6 is 0 Å². The van der Waals surface area contributed by atoms with Crippen LogP contribution in [0.4, 0.5) is 8.78 Å². The maximum Gasteiger partial charge on any atom is 0.260 e.